The molecule has 0 unspecified atom stereocenters. The summed E-state index contributed by atoms with van der Waals surface area (Å²) in [4.78, 5) is 0. The smallest absolute Gasteiger partial charge is 0.192 e. The molecule has 0 saturated carbocycles. The van der Waals surface area contributed by atoms with E-state index >= 15 is 0 Å². The van der Waals surface area contributed by atoms with Crippen molar-refractivity contribution >= 4 is 8.32 Å². The third-order valence-corrected chi connectivity index (χ3v) is 8.07. The van der Waals surface area contributed by atoms with Crippen molar-refractivity contribution < 1.29 is 9.53 Å². The van der Waals surface area contributed by atoms with Gasteiger partial charge in [-0.25, -0.2) is 0 Å². The van der Waals surface area contributed by atoms with E-state index in [1.165, 1.54) is 0 Å². The molecule has 0 aromatic carbocycles. The second-order valence-corrected chi connectivity index (χ2v) is 10.9. The molecular weight excluding hydrogens is 228 g/mol. The maximum absolute atomic E-state index is 9.72. The summed E-state index contributed by atoms with van der Waals surface area (Å²) in [6.45, 7) is 17.3. The van der Waals surface area contributed by atoms with Crippen molar-refractivity contribution in [3.05, 3.63) is 24.3 Å². The first-order valence-corrected chi connectivity index (χ1v) is 9.12. The van der Waals surface area contributed by atoms with Crippen LogP contribution in [0, 0.1) is 0 Å². The monoisotopic (exact) mass is 256 g/mol. The van der Waals surface area contributed by atoms with Crippen molar-refractivity contribution in [2.24, 2.45) is 0 Å². The van der Waals surface area contributed by atoms with E-state index in [1.807, 2.05) is 13.0 Å². The maximum Gasteiger partial charge on any atom is 0.192 e. The first-order valence-electron chi connectivity index (χ1n) is 6.21. The third kappa shape index (κ3) is 5.66. The Bertz CT molecular complexity index is 274. The quantitative estimate of drug-likeness (QED) is 0.577. The number of rotatable bonds is 6. The van der Waals surface area contributed by atoms with E-state index in [0.717, 1.165) is 5.57 Å². The van der Waals surface area contributed by atoms with Gasteiger partial charge in [-0.3, -0.25) is 0 Å². The van der Waals surface area contributed by atoms with E-state index in [2.05, 4.69) is 40.4 Å². The molecular formula is C14H28O2Si. The molecule has 0 fully saturated rings. The van der Waals surface area contributed by atoms with Gasteiger partial charge >= 0.3 is 0 Å². The molecule has 1 atom stereocenters. The second kappa shape index (κ2) is 6.52. The number of aliphatic hydroxyl groups excluding tert-OH is 1. The Labute approximate surface area is 108 Å². The maximum atomic E-state index is 9.72. The van der Waals surface area contributed by atoms with Gasteiger partial charge in [-0.1, -0.05) is 32.9 Å². The minimum absolute atomic E-state index is 0.231. The highest BCUT2D eigenvalue weighted by molar-refractivity contribution is 6.74. The molecule has 0 radical (unpaired) electrons. The van der Waals surface area contributed by atoms with Gasteiger partial charge in [0.25, 0.3) is 0 Å². The summed E-state index contributed by atoms with van der Waals surface area (Å²) >= 11 is 0. The molecule has 3 heteroatoms. The zero-order valence-corrected chi connectivity index (χ0v) is 13.2. The van der Waals surface area contributed by atoms with Gasteiger partial charge < -0.3 is 9.53 Å². The van der Waals surface area contributed by atoms with Crippen molar-refractivity contribution in [3.63, 3.8) is 0 Å². The van der Waals surface area contributed by atoms with Gasteiger partial charge in [-0.15, -0.1) is 6.58 Å². The van der Waals surface area contributed by atoms with Crippen molar-refractivity contribution in [2.75, 3.05) is 6.61 Å². The highest BCUT2D eigenvalue weighted by atomic mass is 28.4. The summed E-state index contributed by atoms with van der Waals surface area (Å²) in [5.74, 6) is 0. The number of aliphatic hydroxyl groups is 1. The minimum atomic E-state index is -1.67. The first-order chi connectivity index (χ1) is 7.62. The van der Waals surface area contributed by atoms with Gasteiger partial charge in [0.15, 0.2) is 8.32 Å². The highest BCUT2D eigenvalue weighted by Crippen LogP contribution is 2.36. The van der Waals surface area contributed by atoms with Gasteiger partial charge in [-0.2, -0.15) is 0 Å². The minimum Gasteiger partial charge on any atom is -0.413 e. The van der Waals surface area contributed by atoms with Gasteiger partial charge in [0.05, 0.1) is 12.7 Å². The van der Waals surface area contributed by atoms with Gasteiger partial charge in [0, 0.05) is 0 Å². The summed E-state index contributed by atoms with van der Waals surface area (Å²) < 4.78 is 6.02. The van der Waals surface area contributed by atoms with E-state index in [-0.39, 0.29) is 5.04 Å². The lowest BCUT2D eigenvalue weighted by atomic mass is 10.1. The molecule has 2 nitrogen and oxygen atoms in total. The molecule has 0 amide bonds. The summed E-state index contributed by atoms with van der Waals surface area (Å²) in [6.07, 6.45) is 3.89. The Morgan fingerprint density at radius 3 is 2.35 bits per heavy atom. The van der Waals surface area contributed by atoms with Crippen LogP contribution in [-0.2, 0) is 4.43 Å². The molecule has 100 valence electrons. The Kier molecular flexibility index (Phi) is 6.38. The predicted octanol–water partition coefficient (Wildman–Crippen LogP) is 3.89. The molecule has 17 heavy (non-hydrogen) atoms. The van der Waals surface area contributed by atoms with Crippen molar-refractivity contribution in [1.82, 2.24) is 0 Å². The van der Waals surface area contributed by atoms with Crippen LogP contribution in [0.25, 0.3) is 0 Å². The van der Waals surface area contributed by atoms with Crippen LogP contribution in [-0.4, -0.2) is 26.1 Å². The lowest BCUT2D eigenvalue weighted by Gasteiger charge is -2.35. The Balaban J connectivity index is 4.31. The number of hydrogen-bond acceptors (Lipinski definition) is 2. The van der Waals surface area contributed by atoms with Gasteiger partial charge in [0.1, 0.15) is 0 Å². The largest absolute Gasteiger partial charge is 0.413 e. The molecule has 0 rings (SSSR count). The summed E-state index contributed by atoms with van der Waals surface area (Å²) in [5.41, 5.74) is 0.962. The fraction of sp³-hybridized carbons (Fsp3) is 0.714. The van der Waals surface area contributed by atoms with Crippen LogP contribution >= 0.6 is 0 Å². The van der Waals surface area contributed by atoms with Gasteiger partial charge in [-0.05, 0) is 37.0 Å². The molecule has 1 N–H and O–H groups in total. The van der Waals surface area contributed by atoms with Crippen LogP contribution in [0.1, 0.15) is 34.1 Å². The summed E-state index contributed by atoms with van der Waals surface area (Å²) in [5, 5.41) is 9.95. The molecule has 0 aliphatic rings. The van der Waals surface area contributed by atoms with Gasteiger partial charge in [0.2, 0.25) is 0 Å². The fourth-order valence-electron chi connectivity index (χ4n) is 1.08. The fourth-order valence-corrected chi connectivity index (χ4v) is 2.01. The van der Waals surface area contributed by atoms with E-state index in [4.69, 9.17) is 4.43 Å². The highest BCUT2D eigenvalue weighted by Gasteiger charge is 2.36. The van der Waals surface area contributed by atoms with Crippen molar-refractivity contribution in [3.8, 4) is 0 Å². The SMILES string of the molecule is C=CC[C@H](O)/C(C)=C/CO[Si](C)(C)C(C)(C)C. The third-order valence-electron chi connectivity index (χ3n) is 3.57. The molecule has 0 heterocycles. The molecule has 0 aromatic rings. The van der Waals surface area contributed by atoms with E-state index in [1.54, 1.807) is 6.08 Å². The molecule has 0 aromatic heterocycles. The Morgan fingerprint density at radius 2 is 1.94 bits per heavy atom. The Hall–Kier alpha value is -0.383. The molecule has 0 saturated heterocycles. The summed E-state index contributed by atoms with van der Waals surface area (Å²) in [6, 6.07) is 0. The summed E-state index contributed by atoms with van der Waals surface area (Å²) in [7, 11) is -1.67. The molecule has 0 bridgehead atoms. The normalized spacial score (nSPS) is 15.8. The zero-order valence-electron chi connectivity index (χ0n) is 12.2. The van der Waals surface area contributed by atoms with Crippen LogP contribution in [0.15, 0.2) is 24.3 Å². The van der Waals surface area contributed by atoms with E-state index in [9.17, 15) is 5.11 Å². The lowest BCUT2D eigenvalue weighted by molar-refractivity contribution is 0.212. The van der Waals surface area contributed by atoms with Crippen LogP contribution in [0.2, 0.25) is 18.1 Å². The average Bonchev–Trinajstić information content (AvgIpc) is 2.15. The van der Waals surface area contributed by atoms with Crippen LogP contribution < -0.4 is 0 Å². The van der Waals surface area contributed by atoms with Crippen LogP contribution in [0.4, 0.5) is 0 Å². The lowest BCUT2D eigenvalue weighted by Crippen LogP contribution is -2.40. The zero-order chi connectivity index (χ0) is 13.7. The number of hydrogen-bond donors (Lipinski definition) is 1. The topological polar surface area (TPSA) is 29.5 Å². The first kappa shape index (κ1) is 16.6. The molecule has 0 aliphatic heterocycles. The van der Waals surface area contributed by atoms with Crippen molar-refractivity contribution in [2.45, 2.75) is 58.4 Å². The van der Waals surface area contributed by atoms with Crippen LogP contribution in [0.5, 0.6) is 0 Å². The Morgan fingerprint density at radius 1 is 1.41 bits per heavy atom. The van der Waals surface area contributed by atoms with Crippen molar-refractivity contribution in [1.29, 1.82) is 0 Å². The average molecular weight is 256 g/mol. The second-order valence-electron chi connectivity index (χ2n) is 6.06. The van der Waals surface area contributed by atoms with E-state index in [0.29, 0.717) is 13.0 Å². The van der Waals surface area contributed by atoms with E-state index < -0.39 is 14.4 Å². The molecule has 0 aliphatic carbocycles. The molecule has 0 spiro atoms. The van der Waals surface area contributed by atoms with Crippen LogP contribution in [0.3, 0.4) is 0 Å². The predicted molar refractivity (Wildman–Crippen MR) is 77.7 cm³/mol. The standard InChI is InChI=1S/C14H28O2Si/c1-8-9-13(15)12(2)10-11-16-17(6,7)14(3,4)5/h8,10,13,15H,1,9,11H2,2-7H3/b12-10+/t13-/m0/s1.